The topological polar surface area (TPSA) is 36.9 Å². The standard InChI is InChI=1S/C74H48N4OS.Pt/c1-48-41-72(75-46-61(48)51-25-9-4-10-26-51)78-68-43-54(39-40-58(68)60-44-59-57-29-11-12-32-62(57)74(65(59)45-69(60)78)63-33-13-17-37-70(63)80-71-38-18-14-34-64(71)74)79-53-28-19-27-52(42-53)76-47-77(67-36-16-15-35-66(67)76)73-55(49-21-5-2-6-22-49)30-20-31-56(73)50-23-7-3-8-24-50;/h2-46H,1H3;/i1D3;. The zero-order valence-electron chi connectivity index (χ0n) is 46.4. The summed E-state index contributed by atoms with van der Waals surface area (Å²) in [5.41, 5.74) is 18.6. The Morgan fingerprint density at radius 3 is 1.65 bits per heavy atom. The first kappa shape index (κ1) is 44.5. The Morgan fingerprint density at radius 1 is 0.420 bits per heavy atom. The first-order valence-electron chi connectivity index (χ1n) is 28.6. The van der Waals surface area contributed by atoms with Gasteiger partial charge < -0.3 is 0 Å². The van der Waals surface area contributed by atoms with Crippen LogP contribution in [0.25, 0.3) is 94.5 Å². The number of para-hydroxylation sites is 3. The van der Waals surface area contributed by atoms with Gasteiger partial charge in [0, 0.05) is 25.7 Å². The van der Waals surface area contributed by atoms with Gasteiger partial charge in [0.1, 0.15) is 0 Å². The monoisotopic (exact) mass is 1240 g/mol. The zero-order valence-corrected chi connectivity index (χ0v) is 46.5. The predicted octanol–water partition coefficient (Wildman–Crippen LogP) is 18.9. The number of hydrogen-bond donors (Lipinski definition) is 0. The van der Waals surface area contributed by atoms with Gasteiger partial charge in [-0.25, -0.2) is 0 Å². The van der Waals surface area contributed by atoms with Crippen LogP contribution in [0.15, 0.2) is 283 Å². The summed E-state index contributed by atoms with van der Waals surface area (Å²) in [5.74, 6) is 1.77. The van der Waals surface area contributed by atoms with Gasteiger partial charge in [-0.1, -0.05) is 103 Å². The van der Waals surface area contributed by atoms with Crippen molar-refractivity contribution in [3.8, 4) is 73.2 Å². The number of aromatic nitrogens is 4. The van der Waals surface area contributed by atoms with E-state index in [2.05, 4.69) is 245 Å². The molecule has 0 amide bonds. The fraction of sp³-hybridized carbons (Fsp3) is 0.0270. The molecule has 386 valence electrons. The average Bonchev–Trinajstić information content (AvgIpc) is 2.18. The molecule has 0 radical (unpaired) electrons. The third-order valence-corrected chi connectivity index (χ3v) is 18.5. The molecule has 4 heterocycles. The zero-order chi connectivity index (χ0) is 56.3. The van der Waals surface area contributed by atoms with Gasteiger partial charge in [0.2, 0.25) is 0 Å². The second-order valence-electron chi connectivity index (χ2n) is 20.7. The average molecular weight is 1240 g/mol. The number of benzene rings is 11. The summed E-state index contributed by atoms with van der Waals surface area (Å²) < 4.78 is 41.7. The first-order chi connectivity index (χ1) is 41.2. The minimum absolute atomic E-state index is 0.225. The molecule has 0 fully saturated rings. The molecule has 0 unspecified atom stereocenters. The van der Waals surface area contributed by atoms with E-state index >= 15 is 0 Å². The van der Waals surface area contributed by atoms with E-state index in [1.165, 1.54) is 37.6 Å². The number of nitrogens with zero attached hydrogens (tertiary/aromatic N) is 4. The first-order valence-corrected chi connectivity index (χ1v) is 29.0. The van der Waals surface area contributed by atoms with Crippen molar-refractivity contribution in [1.29, 1.82) is 0 Å². The van der Waals surface area contributed by atoms with Crippen molar-refractivity contribution in [2.75, 3.05) is 0 Å². The molecule has 5 nitrogen and oxygen atoms in total. The van der Waals surface area contributed by atoms with Gasteiger partial charge in [0.05, 0.1) is 5.41 Å². The predicted molar refractivity (Wildman–Crippen MR) is 327 cm³/mol. The van der Waals surface area contributed by atoms with E-state index in [0.29, 0.717) is 22.9 Å². The molecular formula is C74H48N4OPtS. The van der Waals surface area contributed by atoms with E-state index in [1.54, 1.807) is 12.3 Å². The van der Waals surface area contributed by atoms with Crippen molar-refractivity contribution in [1.82, 2.24) is 18.7 Å². The molecule has 0 saturated carbocycles. The second kappa shape index (κ2) is 18.9. The van der Waals surface area contributed by atoms with E-state index in [4.69, 9.17) is 13.8 Å². The summed E-state index contributed by atoms with van der Waals surface area (Å²) in [4.78, 5) is 7.64. The number of aryl methyl sites for hydroxylation is 1. The fourth-order valence-corrected chi connectivity index (χ4v) is 15.2. The molecule has 3 aromatic heterocycles. The Morgan fingerprint density at radius 2 is 0.975 bits per heavy atom. The van der Waals surface area contributed by atoms with Crippen LogP contribution in [0.3, 0.4) is 0 Å². The molecule has 1 aliphatic carbocycles. The summed E-state index contributed by atoms with van der Waals surface area (Å²) in [5, 5.41) is 2.01. The van der Waals surface area contributed by atoms with E-state index in [9.17, 15) is 0 Å². The van der Waals surface area contributed by atoms with E-state index in [-0.39, 0.29) is 5.56 Å². The van der Waals surface area contributed by atoms with Crippen molar-refractivity contribution in [2.24, 2.45) is 0 Å². The summed E-state index contributed by atoms with van der Waals surface area (Å²) in [6.45, 7) is -2.45. The van der Waals surface area contributed by atoms with Crippen LogP contribution in [0.2, 0.25) is 0 Å². The maximum atomic E-state index is 8.96. The third kappa shape index (κ3) is 7.37. The second-order valence-corrected chi connectivity index (χ2v) is 22.8. The molecule has 1 aliphatic heterocycles. The number of imidazole rings is 1. The Hall–Kier alpha value is -9.32. The van der Waals surface area contributed by atoms with Crippen LogP contribution in [0.4, 0.5) is 0 Å². The molecule has 2 aliphatic rings. The van der Waals surface area contributed by atoms with Crippen molar-refractivity contribution in [2.45, 2.75) is 22.1 Å². The minimum atomic E-state index is -2.45. The van der Waals surface area contributed by atoms with Crippen LogP contribution in [-0.4, -0.2) is 18.7 Å². The van der Waals surface area contributed by atoms with Crippen LogP contribution >= 0.6 is 11.8 Å². The number of ether oxygens (including phenoxy) is 1. The Balaban J connectivity index is 0.889. The number of hydrogen-bond acceptors (Lipinski definition) is 3. The molecule has 16 rings (SSSR count). The SMILES string of the molecule is [2H]C([2H])([2H])c1cc(-n2c3cc(Oc4cccc(-n5[c](=[Pt])n(-c6c(-c7ccccc7)cccc6-c6ccccc6)c6ccccc65)c4)ccc3c3cc4c(cc32)C2(c3ccccc3Sc3ccccc32)c2ccccc2-4)ncc1-c1ccccc1. The van der Waals surface area contributed by atoms with Crippen LogP contribution in [0.5, 0.6) is 11.5 Å². The number of pyridine rings is 1. The van der Waals surface area contributed by atoms with Gasteiger partial charge in [-0.3, -0.25) is 0 Å². The van der Waals surface area contributed by atoms with Crippen LogP contribution < -0.4 is 4.74 Å². The van der Waals surface area contributed by atoms with Gasteiger partial charge in [0.15, 0.2) is 0 Å². The molecule has 0 atom stereocenters. The van der Waals surface area contributed by atoms with Crippen molar-refractivity contribution in [3.63, 3.8) is 0 Å². The molecule has 81 heavy (non-hydrogen) atoms. The normalized spacial score (nSPS) is 13.6. The Kier molecular flexibility index (Phi) is 10.4. The molecule has 14 aromatic rings. The fourth-order valence-electron chi connectivity index (χ4n) is 12.9. The molecule has 0 N–H and O–H groups in total. The summed E-state index contributed by atoms with van der Waals surface area (Å²) in [6.07, 6.45) is 1.73. The van der Waals surface area contributed by atoms with Gasteiger partial charge in [0.25, 0.3) is 0 Å². The molecule has 11 aromatic carbocycles. The van der Waals surface area contributed by atoms with Gasteiger partial charge >= 0.3 is 294 Å². The molecule has 7 heteroatoms. The Labute approximate surface area is 488 Å². The minimum Gasteiger partial charge on any atom is -0.0894 e. The quantitative estimate of drug-likeness (QED) is 0.152. The van der Waals surface area contributed by atoms with Crippen molar-refractivity contribution >= 4 is 44.6 Å². The number of rotatable bonds is 8. The molecule has 0 saturated heterocycles. The van der Waals surface area contributed by atoms with Gasteiger partial charge in [-0.15, -0.1) is 0 Å². The van der Waals surface area contributed by atoms with Gasteiger partial charge in [-0.05, 0) is 63.5 Å². The van der Waals surface area contributed by atoms with Crippen LogP contribution in [-0.2, 0) is 24.8 Å². The summed E-state index contributed by atoms with van der Waals surface area (Å²) in [6, 6.07) is 93.6. The maximum absolute atomic E-state index is 8.96. The Bertz CT molecular complexity index is 4950. The molecule has 1 spiro atoms. The van der Waals surface area contributed by atoms with Crippen LogP contribution in [0, 0.1) is 10.7 Å². The van der Waals surface area contributed by atoms with Crippen molar-refractivity contribution in [3.05, 3.63) is 305 Å². The van der Waals surface area contributed by atoms with Crippen molar-refractivity contribution < 1.29 is 28.2 Å². The van der Waals surface area contributed by atoms with E-state index in [0.717, 1.165) is 81.4 Å². The van der Waals surface area contributed by atoms with Crippen LogP contribution in [0.1, 0.15) is 31.9 Å². The summed E-state index contributed by atoms with van der Waals surface area (Å²) >= 11 is 4.31. The third-order valence-electron chi connectivity index (χ3n) is 16.4. The number of fused-ring (bicyclic) bond motifs is 13. The smallest absolute Gasteiger partial charge is 0.0894 e. The van der Waals surface area contributed by atoms with Gasteiger partial charge in [-0.2, -0.15) is 0 Å². The summed E-state index contributed by atoms with van der Waals surface area (Å²) in [7, 11) is 0. The molecular weight excluding hydrogens is 1190 g/mol. The molecule has 0 bridgehead atoms. The van der Waals surface area contributed by atoms with E-state index < -0.39 is 12.3 Å². The van der Waals surface area contributed by atoms with E-state index in [1.807, 2.05) is 60.3 Å².